The molecule has 0 bridgehead atoms. The van der Waals surface area contributed by atoms with E-state index in [1.807, 2.05) is 36.7 Å². The lowest BCUT2D eigenvalue weighted by molar-refractivity contribution is 0.415. The predicted molar refractivity (Wildman–Crippen MR) is 85.0 cm³/mol. The molecule has 0 aliphatic carbocycles. The van der Waals surface area contributed by atoms with Crippen LogP contribution in [0, 0.1) is 13.8 Å². The molecule has 1 heterocycles. The van der Waals surface area contributed by atoms with Gasteiger partial charge in [-0.25, -0.2) is 4.98 Å². The van der Waals surface area contributed by atoms with E-state index in [9.17, 15) is 0 Å². The summed E-state index contributed by atoms with van der Waals surface area (Å²) in [7, 11) is 1.67. The van der Waals surface area contributed by atoms with Crippen LogP contribution in [-0.4, -0.2) is 16.7 Å². The molecule has 0 spiro atoms. The Morgan fingerprint density at radius 1 is 0.952 bits per heavy atom. The molecule has 3 rings (SSSR count). The highest BCUT2D eigenvalue weighted by Gasteiger charge is 2.11. The number of nitrogens with zero attached hydrogens (tertiary/aromatic N) is 2. The van der Waals surface area contributed by atoms with E-state index in [-0.39, 0.29) is 0 Å². The second-order valence-electron chi connectivity index (χ2n) is 5.09. The zero-order valence-electron chi connectivity index (χ0n) is 12.5. The van der Waals surface area contributed by atoms with E-state index in [1.165, 1.54) is 16.8 Å². The number of aromatic nitrogens is 2. The fourth-order valence-corrected chi connectivity index (χ4v) is 2.62. The molecule has 21 heavy (non-hydrogen) atoms. The summed E-state index contributed by atoms with van der Waals surface area (Å²) in [5.41, 5.74) is 4.75. The smallest absolute Gasteiger partial charge is 0.144 e. The van der Waals surface area contributed by atoms with Gasteiger partial charge in [0.25, 0.3) is 0 Å². The lowest BCUT2D eigenvalue weighted by Gasteiger charge is -2.14. The molecule has 0 saturated carbocycles. The zero-order valence-corrected chi connectivity index (χ0v) is 12.5. The third kappa shape index (κ3) is 2.42. The molecule has 0 amide bonds. The first kappa shape index (κ1) is 13.4. The van der Waals surface area contributed by atoms with Crippen molar-refractivity contribution in [2.45, 2.75) is 13.8 Å². The van der Waals surface area contributed by atoms with Crippen LogP contribution in [0.4, 0.5) is 0 Å². The van der Waals surface area contributed by atoms with Gasteiger partial charge in [0.05, 0.1) is 12.8 Å². The summed E-state index contributed by atoms with van der Waals surface area (Å²) >= 11 is 0. The molecule has 0 N–H and O–H groups in total. The van der Waals surface area contributed by atoms with Gasteiger partial charge in [0.1, 0.15) is 11.6 Å². The van der Waals surface area contributed by atoms with Crippen molar-refractivity contribution >= 4 is 0 Å². The molecule has 0 atom stereocenters. The Morgan fingerprint density at radius 2 is 1.62 bits per heavy atom. The number of methoxy groups -OCH3 is 1. The third-order valence-electron chi connectivity index (χ3n) is 3.67. The monoisotopic (exact) mass is 278 g/mol. The molecule has 0 aliphatic heterocycles. The Balaban J connectivity index is 2.12. The number of hydrogen-bond donors (Lipinski definition) is 0. The average Bonchev–Trinajstić information content (AvgIpc) is 2.96. The lowest BCUT2D eigenvalue weighted by Crippen LogP contribution is -2.01. The zero-order chi connectivity index (χ0) is 14.8. The number of rotatable bonds is 3. The molecular formula is C18H18N2O. The van der Waals surface area contributed by atoms with Gasteiger partial charge in [-0.15, -0.1) is 0 Å². The van der Waals surface area contributed by atoms with E-state index >= 15 is 0 Å². The topological polar surface area (TPSA) is 27.1 Å². The van der Waals surface area contributed by atoms with Crippen molar-refractivity contribution in [3.8, 4) is 22.8 Å². The van der Waals surface area contributed by atoms with Gasteiger partial charge in [-0.2, -0.15) is 0 Å². The molecular weight excluding hydrogens is 260 g/mol. The minimum Gasteiger partial charge on any atom is -0.497 e. The Morgan fingerprint density at radius 3 is 2.24 bits per heavy atom. The van der Waals surface area contributed by atoms with E-state index < -0.39 is 0 Å². The van der Waals surface area contributed by atoms with Crippen LogP contribution in [0.3, 0.4) is 0 Å². The number of benzene rings is 2. The van der Waals surface area contributed by atoms with Crippen LogP contribution in [0.25, 0.3) is 17.1 Å². The van der Waals surface area contributed by atoms with E-state index in [2.05, 4.69) is 41.6 Å². The van der Waals surface area contributed by atoms with Gasteiger partial charge in [0.2, 0.25) is 0 Å². The number of ether oxygens (including phenoxy) is 1. The second kappa shape index (κ2) is 5.44. The number of para-hydroxylation sites is 1. The fourth-order valence-electron chi connectivity index (χ4n) is 2.62. The maximum atomic E-state index is 5.21. The molecule has 3 aromatic rings. The van der Waals surface area contributed by atoms with Crippen LogP contribution in [0.15, 0.2) is 54.9 Å². The highest BCUT2D eigenvalue weighted by atomic mass is 16.5. The van der Waals surface area contributed by atoms with Crippen molar-refractivity contribution in [2.24, 2.45) is 0 Å². The van der Waals surface area contributed by atoms with E-state index in [0.717, 1.165) is 17.1 Å². The summed E-state index contributed by atoms with van der Waals surface area (Å²) in [6.45, 7) is 4.25. The quantitative estimate of drug-likeness (QED) is 0.719. The number of hydrogen-bond acceptors (Lipinski definition) is 2. The van der Waals surface area contributed by atoms with Gasteiger partial charge in [-0.1, -0.05) is 18.2 Å². The van der Waals surface area contributed by atoms with E-state index in [4.69, 9.17) is 4.74 Å². The van der Waals surface area contributed by atoms with Crippen molar-refractivity contribution in [2.75, 3.05) is 7.11 Å². The van der Waals surface area contributed by atoms with Gasteiger partial charge in [0.15, 0.2) is 0 Å². The maximum Gasteiger partial charge on any atom is 0.144 e. The summed E-state index contributed by atoms with van der Waals surface area (Å²) in [5.74, 6) is 1.79. The van der Waals surface area contributed by atoms with Gasteiger partial charge in [-0.05, 0) is 49.2 Å². The normalized spacial score (nSPS) is 10.6. The molecule has 0 fully saturated rings. The fraction of sp³-hybridized carbons (Fsp3) is 0.167. The lowest BCUT2D eigenvalue weighted by atomic mass is 10.1. The first-order valence-corrected chi connectivity index (χ1v) is 6.95. The van der Waals surface area contributed by atoms with Crippen LogP contribution < -0.4 is 4.74 Å². The van der Waals surface area contributed by atoms with Crippen LogP contribution in [0.1, 0.15) is 11.1 Å². The van der Waals surface area contributed by atoms with Crippen LogP contribution in [0.2, 0.25) is 0 Å². The van der Waals surface area contributed by atoms with Crippen molar-refractivity contribution in [1.29, 1.82) is 0 Å². The molecule has 1 aromatic heterocycles. The minimum absolute atomic E-state index is 0.851. The van der Waals surface area contributed by atoms with Gasteiger partial charge < -0.3 is 4.74 Å². The third-order valence-corrected chi connectivity index (χ3v) is 3.67. The molecule has 0 aliphatic rings. The Hall–Kier alpha value is -2.55. The molecule has 106 valence electrons. The molecule has 3 heteroatoms. The first-order valence-electron chi connectivity index (χ1n) is 6.95. The number of imidazole rings is 1. The average molecular weight is 278 g/mol. The molecule has 0 radical (unpaired) electrons. The van der Waals surface area contributed by atoms with Crippen molar-refractivity contribution in [3.05, 3.63) is 66.0 Å². The van der Waals surface area contributed by atoms with Crippen LogP contribution in [-0.2, 0) is 0 Å². The van der Waals surface area contributed by atoms with Gasteiger partial charge in [-0.3, -0.25) is 4.57 Å². The SMILES string of the molecule is COc1ccc(-c2nccn2-c2c(C)cccc2C)cc1. The summed E-state index contributed by atoms with van der Waals surface area (Å²) in [6.07, 6.45) is 3.85. The Labute approximate surface area is 124 Å². The maximum absolute atomic E-state index is 5.21. The van der Waals surface area contributed by atoms with Gasteiger partial charge in [0, 0.05) is 18.0 Å². The van der Waals surface area contributed by atoms with Crippen LogP contribution >= 0.6 is 0 Å². The summed E-state index contributed by atoms with van der Waals surface area (Å²) in [4.78, 5) is 4.52. The molecule has 2 aromatic carbocycles. The Bertz CT molecular complexity index is 737. The van der Waals surface area contributed by atoms with Crippen LogP contribution in [0.5, 0.6) is 5.75 Å². The van der Waals surface area contributed by atoms with Gasteiger partial charge >= 0.3 is 0 Å². The number of aryl methyl sites for hydroxylation is 2. The summed E-state index contributed by atoms with van der Waals surface area (Å²) < 4.78 is 7.36. The van der Waals surface area contributed by atoms with E-state index in [1.54, 1.807) is 7.11 Å². The largest absolute Gasteiger partial charge is 0.497 e. The van der Waals surface area contributed by atoms with Crippen molar-refractivity contribution in [1.82, 2.24) is 9.55 Å². The molecule has 0 unspecified atom stereocenters. The minimum atomic E-state index is 0.851. The molecule has 3 nitrogen and oxygen atoms in total. The predicted octanol–water partition coefficient (Wildman–Crippen LogP) is 4.16. The first-order chi connectivity index (χ1) is 10.2. The Kier molecular flexibility index (Phi) is 3.48. The molecule has 0 saturated heterocycles. The van der Waals surface area contributed by atoms with Crippen molar-refractivity contribution in [3.63, 3.8) is 0 Å². The highest BCUT2D eigenvalue weighted by Crippen LogP contribution is 2.26. The standard InChI is InChI=1S/C18H18N2O/c1-13-5-4-6-14(2)17(13)20-12-11-19-18(20)15-7-9-16(21-3)10-8-15/h4-12H,1-3H3. The van der Waals surface area contributed by atoms with E-state index in [0.29, 0.717) is 0 Å². The summed E-state index contributed by atoms with van der Waals surface area (Å²) in [5, 5.41) is 0. The second-order valence-corrected chi connectivity index (χ2v) is 5.09. The summed E-state index contributed by atoms with van der Waals surface area (Å²) in [6, 6.07) is 14.3. The van der Waals surface area contributed by atoms with Crippen molar-refractivity contribution < 1.29 is 4.74 Å². The highest BCUT2D eigenvalue weighted by molar-refractivity contribution is 5.62.